The molecule has 0 atom stereocenters. The number of nitrogens with zero attached hydrogens (tertiary/aromatic N) is 15. The van der Waals surface area contributed by atoms with Gasteiger partial charge in [-0.25, -0.2) is 34.9 Å². The summed E-state index contributed by atoms with van der Waals surface area (Å²) in [4.78, 5) is 44.4. The zero-order chi connectivity index (χ0) is 91.8. The number of para-hydroxylation sites is 5. The van der Waals surface area contributed by atoms with Gasteiger partial charge in [-0.15, -0.1) is 11.3 Å². The summed E-state index contributed by atoms with van der Waals surface area (Å²) in [5.41, 5.74) is 22.4. The van der Waals surface area contributed by atoms with Crippen molar-refractivity contribution in [3.05, 3.63) is 435 Å². The van der Waals surface area contributed by atoms with Crippen LogP contribution in [0.1, 0.15) is 16.7 Å². The quantitative estimate of drug-likeness (QED) is 0.111. The number of rotatable bonds is 12. The molecule has 0 spiro atoms. The molecule has 17 nitrogen and oxygen atoms in total. The molecule has 0 saturated carbocycles. The van der Waals surface area contributed by atoms with Crippen molar-refractivity contribution in [2.75, 3.05) is 0 Å². The van der Waals surface area contributed by atoms with E-state index in [1.165, 1.54) is 42.0 Å². The molecular formula is C120H69N15O2S. The van der Waals surface area contributed by atoms with E-state index in [2.05, 4.69) is 214 Å². The number of hydrogen-bond donors (Lipinski definition) is 0. The maximum absolute atomic E-state index is 9.49. The second kappa shape index (κ2) is 33.8. The van der Waals surface area contributed by atoms with Gasteiger partial charge in [-0.1, -0.05) is 267 Å². The predicted molar refractivity (Wildman–Crippen MR) is 553 cm³/mol. The molecule has 0 aliphatic rings. The zero-order valence-corrected chi connectivity index (χ0v) is 74.1. The lowest BCUT2D eigenvalue weighted by atomic mass is 10.0. The smallest absolute Gasteiger partial charge is 0.238 e. The Hall–Kier alpha value is -19.3. The Kier molecular flexibility index (Phi) is 19.8. The normalized spacial score (nSPS) is 11.5. The average molecular weight is 1790 g/mol. The van der Waals surface area contributed by atoms with E-state index in [0.717, 1.165) is 154 Å². The Labute approximate surface area is 791 Å². The van der Waals surface area contributed by atoms with E-state index < -0.39 is 0 Å². The van der Waals surface area contributed by atoms with E-state index in [4.69, 9.17) is 53.7 Å². The second-order valence-corrected chi connectivity index (χ2v) is 34.7. The van der Waals surface area contributed by atoms with Crippen molar-refractivity contribution in [2.45, 2.75) is 0 Å². The van der Waals surface area contributed by atoms with Gasteiger partial charge in [0.2, 0.25) is 5.95 Å². The van der Waals surface area contributed by atoms with Crippen LogP contribution in [0, 0.1) is 34.0 Å². The Morgan fingerprint density at radius 2 is 0.522 bits per heavy atom. The van der Waals surface area contributed by atoms with Crippen LogP contribution in [0.25, 0.3) is 249 Å². The largest absolute Gasteiger partial charge is 0.454 e. The van der Waals surface area contributed by atoms with Crippen LogP contribution in [0.2, 0.25) is 0 Å². The highest BCUT2D eigenvalue weighted by Gasteiger charge is 2.27. The molecule has 0 radical (unpaired) electrons. The van der Waals surface area contributed by atoms with Crippen LogP contribution < -0.4 is 0 Å². The molecule has 27 rings (SSSR count). The molecule has 9 heterocycles. The van der Waals surface area contributed by atoms with Crippen molar-refractivity contribution in [3.8, 4) is 138 Å². The van der Waals surface area contributed by atoms with Gasteiger partial charge in [-0.05, 0) is 163 Å². The SMILES string of the molecule is N#Cc1ccc(-c2nc(-c3ccccc3)nc(-c3ccc(-n4c5ccccc5c5ccc6c7ccccc7sc6c54)cc3)n2)cc1.N#Cc1cccc(-c2cccc(-c3nc(-c4ccccc4)nc(-n4c5ccccc5c5ccc6c7ccccc7oc6c54)n3)c2)c1.N#Cc1cccc(-c2nc(-c3ccccc3)nc(-c3ccc(-n4c5ccccc5c5ccc6c7ccccc7oc6c54)cc3)n2)c1. The first-order valence-corrected chi connectivity index (χ1v) is 45.9. The van der Waals surface area contributed by atoms with E-state index in [0.29, 0.717) is 69.2 Å². The van der Waals surface area contributed by atoms with Gasteiger partial charge in [-0.3, -0.25) is 4.57 Å². The van der Waals surface area contributed by atoms with Crippen LogP contribution >= 0.6 is 11.3 Å². The molecule has 27 aromatic rings. The lowest BCUT2D eigenvalue weighted by Crippen LogP contribution is -2.06. The first-order chi connectivity index (χ1) is 68.2. The van der Waals surface area contributed by atoms with Crippen molar-refractivity contribution < 1.29 is 8.83 Å². The minimum Gasteiger partial charge on any atom is -0.454 e. The van der Waals surface area contributed by atoms with Crippen molar-refractivity contribution >= 4 is 141 Å². The molecule has 0 N–H and O–H groups in total. The van der Waals surface area contributed by atoms with Gasteiger partial charge < -0.3 is 18.0 Å². The maximum atomic E-state index is 9.49. The van der Waals surface area contributed by atoms with Gasteiger partial charge in [0.15, 0.2) is 57.8 Å². The fraction of sp³-hybridized carbons (Fsp3) is 0. The second-order valence-electron chi connectivity index (χ2n) is 33.6. The molecule has 138 heavy (non-hydrogen) atoms. The van der Waals surface area contributed by atoms with E-state index in [1.807, 2.05) is 224 Å². The lowest BCUT2D eigenvalue weighted by molar-refractivity contribution is 0.670. The number of aromatic nitrogens is 12. The number of hydrogen-bond acceptors (Lipinski definition) is 15. The van der Waals surface area contributed by atoms with Gasteiger partial charge in [-0.2, -0.15) is 25.8 Å². The summed E-state index contributed by atoms with van der Waals surface area (Å²) >= 11 is 1.85. The highest BCUT2D eigenvalue weighted by atomic mass is 32.1. The fourth-order valence-electron chi connectivity index (χ4n) is 19.0. The number of thiophene rings is 1. The molecule has 642 valence electrons. The molecule has 18 heteroatoms. The van der Waals surface area contributed by atoms with E-state index in [9.17, 15) is 15.8 Å². The average Bonchev–Trinajstić information content (AvgIpc) is 1.57. The van der Waals surface area contributed by atoms with E-state index >= 15 is 0 Å². The van der Waals surface area contributed by atoms with Crippen LogP contribution in [0.4, 0.5) is 0 Å². The van der Waals surface area contributed by atoms with Crippen LogP contribution in [0.5, 0.6) is 0 Å². The molecule has 0 fully saturated rings. The molecule has 0 bridgehead atoms. The van der Waals surface area contributed by atoms with Gasteiger partial charge in [0.25, 0.3) is 0 Å². The van der Waals surface area contributed by atoms with Gasteiger partial charge in [0.1, 0.15) is 16.7 Å². The van der Waals surface area contributed by atoms with E-state index in [-0.39, 0.29) is 0 Å². The number of furan rings is 2. The molecule has 0 saturated heterocycles. The van der Waals surface area contributed by atoms with Crippen molar-refractivity contribution in [3.63, 3.8) is 0 Å². The van der Waals surface area contributed by atoms with E-state index in [1.54, 1.807) is 24.3 Å². The highest BCUT2D eigenvalue weighted by molar-refractivity contribution is 7.26. The third kappa shape index (κ3) is 14.2. The molecule has 9 aromatic heterocycles. The molecule has 18 aromatic carbocycles. The minimum absolute atomic E-state index is 0.500. The zero-order valence-electron chi connectivity index (χ0n) is 73.3. The molecule has 0 aliphatic carbocycles. The Morgan fingerprint density at radius 3 is 0.993 bits per heavy atom. The van der Waals surface area contributed by atoms with Crippen LogP contribution in [-0.4, -0.2) is 58.6 Å². The third-order valence-electron chi connectivity index (χ3n) is 25.5. The molecule has 0 unspecified atom stereocenters. The first kappa shape index (κ1) is 80.7. The predicted octanol–water partition coefficient (Wildman–Crippen LogP) is 29.7. The van der Waals surface area contributed by atoms with Crippen LogP contribution in [0.15, 0.2) is 427 Å². The van der Waals surface area contributed by atoms with Crippen molar-refractivity contribution in [2.24, 2.45) is 0 Å². The summed E-state index contributed by atoms with van der Waals surface area (Å²) in [5.74, 6) is 5.01. The van der Waals surface area contributed by atoms with Crippen molar-refractivity contribution in [1.82, 2.24) is 58.6 Å². The van der Waals surface area contributed by atoms with Crippen LogP contribution in [-0.2, 0) is 0 Å². The minimum atomic E-state index is 0.500. The number of fused-ring (bicyclic) bond motifs is 21. The number of nitriles is 3. The summed E-state index contributed by atoms with van der Waals surface area (Å²) < 4.78 is 22.4. The Bertz CT molecular complexity index is 9710. The van der Waals surface area contributed by atoms with Gasteiger partial charge >= 0.3 is 0 Å². The summed E-state index contributed by atoms with van der Waals surface area (Å²) in [6.07, 6.45) is 0. The first-order valence-electron chi connectivity index (χ1n) is 45.0. The fourth-order valence-corrected chi connectivity index (χ4v) is 20.2. The lowest BCUT2D eigenvalue weighted by Gasteiger charge is -2.11. The Morgan fingerprint density at radius 1 is 0.210 bits per heavy atom. The topological polar surface area (TPSA) is 228 Å². The molecule has 0 aliphatic heterocycles. The maximum Gasteiger partial charge on any atom is 0.238 e. The highest BCUT2D eigenvalue weighted by Crippen LogP contribution is 2.47. The van der Waals surface area contributed by atoms with Crippen molar-refractivity contribution in [1.29, 1.82) is 15.8 Å². The summed E-state index contributed by atoms with van der Waals surface area (Å²) in [6, 6.07) is 147. The van der Waals surface area contributed by atoms with Crippen LogP contribution in [0.3, 0.4) is 0 Å². The van der Waals surface area contributed by atoms with Gasteiger partial charge in [0.05, 0.1) is 67.2 Å². The summed E-state index contributed by atoms with van der Waals surface area (Å²) in [6.45, 7) is 0. The van der Waals surface area contributed by atoms with Gasteiger partial charge in [0, 0.05) is 125 Å². The summed E-state index contributed by atoms with van der Waals surface area (Å²) in [7, 11) is 0. The molecular weight excluding hydrogens is 1720 g/mol. The number of benzene rings is 18. The Balaban J connectivity index is 0.000000110. The monoisotopic (exact) mass is 1780 g/mol. The summed E-state index contributed by atoms with van der Waals surface area (Å²) in [5, 5.41) is 42.1. The molecule has 0 amide bonds. The third-order valence-corrected chi connectivity index (χ3v) is 26.7. The standard InChI is InChI=1S/2C40H23N5O.C40H23N5S/c41-24-25-10-8-13-27(22-25)28-14-9-15-29(23-28)39-42-38(26-11-2-1-3-12-26)43-40(44-39)45-34-18-6-4-16-30(34)32-20-21-33-31-17-5-7-19-35(31)46-37(33)36(32)45;41-24-25-9-8-12-28(23-25)40-43-38(26-10-2-1-3-11-26)42-39(44-40)27-17-19-29(20-18-27)45-34-15-6-4-13-30(34)32-21-22-33-31-14-5-7-16-35(31)46-37(33)36(32)45;41-24-25-14-16-27(17-15-25)39-42-38(26-8-2-1-3-9-26)43-40(44-39)28-18-20-29(21-19-28)45-34-12-6-4-10-30(34)32-22-23-33-31-11-5-7-13-35(31)46-37(33)36(32)45/h3*1-23H.